The molecule has 3 aromatic rings. The lowest BCUT2D eigenvalue weighted by Gasteiger charge is -2.36. The Kier molecular flexibility index (Phi) is 8.01. The summed E-state index contributed by atoms with van der Waals surface area (Å²) in [5, 5.41) is 18.3. The maximum Gasteiger partial charge on any atom is 0.241 e. The molecule has 0 spiro atoms. The van der Waals surface area contributed by atoms with Crippen LogP contribution in [-0.4, -0.2) is 67.6 Å². The molecule has 0 aliphatic carbocycles. The second-order valence-corrected chi connectivity index (χ2v) is 10.0. The average molecular weight is 503 g/mol. The third-order valence-corrected chi connectivity index (χ3v) is 7.54. The molecule has 3 atom stereocenters. The van der Waals surface area contributed by atoms with E-state index in [0.29, 0.717) is 37.3 Å². The van der Waals surface area contributed by atoms with Gasteiger partial charge < -0.3 is 19.3 Å². The van der Waals surface area contributed by atoms with E-state index in [1.165, 1.54) is 19.2 Å². The van der Waals surface area contributed by atoms with Gasteiger partial charge in [0.15, 0.2) is 0 Å². The minimum Gasteiger partial charge on any atom is -0.497 e. The molecular weight excluding hydrogens is 472 g/mol. The fourth-order valence-corrected chi connectivity index (χ4v) is 5.51. The zero-order valence-corrected chi connectivity index (χ0v) is 20.5. The van der Waals surface area contributed by atoms with Crippen molar-refractivity contribution in [3.8, 4) is 22.8 Å². The largest absolute Gasteiger partial charge is 0.497 e. The van der Waals surface area contributed by atoms with Gasteiger partial charge in [-0.2, -0.15) is 0 Å². The number of benzene rings is 2. The highest BCUT2D eigenvalue weighted by Gasteiger charge is 2.34. The van der Waals surface area contributed by atoms with Crippen LogP contribution in [0.4, 0.5) is 0 Å². The smallest absolute Gasteiger partial charge is 0.241 e. The summed E-state index contributed by atoms with van der Waals surface area (Å²) in [5.74, 6) is 1.18. The molecule has 1 saturated heterocycles. The van der Waals surface area contributed by atoms with Gasteiger partial charge in [0.25, 0.3) is 0 Å². The summed E-state index contributed by atoms with van der Waals surface area (Å²) in [4.78, 5) is 0.104. The molecule has 2 N–H and O–H groups in total. The van der Waals surface area contributed by atoms with E-state index >= 15 is 0 Å². The van der Waals surface area contributed by atoms with Crippen molar-refractivity contribution in [3.05, 3.63) is 54.7 Å². The minimum atomic E-state index is -3.79. The fraction of sp³-hybridized carbons (Fsp3) is 0.417. The number of aromatic nitrogens is 3. The first-order chi connectivity index (χ1) is 16.9. The number of para-hydroxylation sites is 1. The molecule has 1 aliphatic heterocycles. The van der Waals surface area contributed by atoms with Crippen LogP contribution in [0.25, 0.3) is 11.3 Å². The van der Waals surface area contributed by atoms with Crippen LogP contribution in [0.3, 0.4) is 0 Å². The fourth-order valence-electron chi connectivity index (χ4n) is 4.18. The van der Waals surface area contributed by atoms with E-state index in [9.17, 15) is 13.5 Å². The molecule has 2 aromatic carbocycles. The lowest BCUT2D eigenvalue weighted by Crippen LogP contribution is -2.50. The van der Waals surface area contributed by atoms with Gasteiger partial charge in [0, 0.05) is 18.2 Å². The number of methoxy groups -OCH3 is 2. The Hall–Kier alpha value is -2.99. The standard InChI is InChI=1S/C24H30N4O6S/c1-32-18-6-5-7-19(14-18)35(30,31)26-21-11-10-17(34-24(21)16-29)12-13-28-15-22(25-27-28)20-8-3-4-9-23(20)33-2/h3-9,14-15,17,21,24,26,29H,10-13,16H2,1-2H3/t17-,21-,24-/m0/s1. The Bertz CT molecular complexity index is 1230. The maximum atomic E-state index is 12.9. The number of nitrogens with one attached hydrogen (secondary N) is 1. The van der Waals surface area contributed by atoms with Gasteiger partial charge in [-0.3, -0.25) is 4.68 Å². The molecule has 0 bridgehead atoms. The Balaban J connectivity index is 1.35. The van der Waals surface area contributed by atoms with Gasteiger partial charge >= 0.3 is 0 Å². The maximum absolute atomic E-state index is 12.9. The Morgan fingerprint density at radius 1 is 1.14 bits per heavy atom. The van der Waals surface area contributed by atoms with Crippen molar-refractivity contribution < 1.29 is 27.7 Å². The topological polar surface area (TPSA) is 125 Å². The van der Waals surface area contributed by atoms with Crippen LogP contribution in [0.2, 0.25) is 0 Å². The summed E-state index contributed by atoms with van der Waals surface area (Å²) in [6.07, 6.45) is 2.92. The average Bonchev–Trinajstić information content (AvgIpc) is 3.36. The molecule has 4 rings (SSSR count). The first-order valence-electron chi connectivity index (χ1n) is 11.4. The number of nitrogens with zero attached hydrogens (tertiary/aromatic N) is 3. The molecule has 0 amide bonds. The van der Waals surface area contributed by atoms with Gasteiger partial charge in [0.05, 0.1) is 50.2 Å². The summed E-state index contributed by atoms with van der Waals surface area (Å²) >= 11 is 0. The number of ether oxygens (including phenoxy) is 3. The number of aliphatic hydroxyl groups excluding tert-OH is 1. The highest BCUT2D eigenvalue weighted by atomic mass is 32.2. The monoisotopic (exact) mass is 502 g/mol. The Morgan fingerprint density at radius 2 is 1.97 bits per heavy atom. The van der Waals surface area contributed by atoms with Crippen LogP contribution in [0.1, 0.15) is 19.3 Å². The van der Waals surface area contributed by atoms with Crippen LogP contribution in [-0.2, 0) is 21.3 Å². The summed E-state index contributed by atoms with van der Waals surface area (Å²) in [7, 11) is -0.694. The third kappa shape index (κ3) is 5.99. The first kappa shape index (κ1) is 25.1. The number of aryl methyl sites for hydroxylation is 1. The van der Waals surface area contributed by atoms with Crippen LogP contribution in [0, 0.1) is 0 Å². The number of hydrogen-bond donors (Lipinski definition) is 2. The Labute approximate surface area is 204 Å². The van der Waals surface area contributed by atoms with Crippen molar-refractivity contribution >= 4 is 10.0 Å². The summed E-state index contributed by atoms with van der Waals surface area (Å²) in [6, 6.07) is 13.3. The van der Waals surface area contributed by atoms with E-state index in [4.69, 9.17) is 14.2 Å². The van der Waals surface area contributed by atoms with Gasteiger partial charge in [-0.15, -0.1) is 5.10 Å². The molecule has 2 heterocycles. The second kappa shape index (κ2) is 11.2. The minimum absolute atomic E-state index is 0.104. The molecule has 10 nitrogen and oxygen atoms in total. The normalized spacial score (nSPS) is 20.5. The van der Waals surface area contributed by atoms with Crippen molar-refractivity contribution in [3.63, 3.8) is 0 Å². The van der Waals surface area contributed by atoms with E-state index in [2.05, 4.69) is 15.0 Å². The second-order valence-electron chi connectivity index (χ2n) is 8.32. The van der Waals surface area contributed by atoms with Crippen LogP contribution in [0.15, 0.2) is 59.6 Å². The van der Waals surface area contributed by atoms with Crippen LogP contribution < -0.4 is 14.2 Å². The molecule has 188 valence electrons. The van der Waals surface area contributed by atoms with Gasteiger partial charge in [-0.25, -0.2) is 13.1 Å². The number of sulfonamides is 1. The number of aliphatic hydroxyl groups is 1. The van der Waals surface area contributed by atoms with E-state index in [-0.39, 0.29) is 17.6 Å². The van der Waals surface area contributed by atoms with E-state index in [1.807, 2.05) is 30.5 Å². The van der Waals surface area contributed by atoms with Crippen LogP contribution in [0.5, 0.6) is 11.5 Å². The molecule has 0 saturated carbocycles. The van der Waals surface area contributed by atoms with Crippen molar-refractivity contribution in [1.82, 2.24) is 19.7 Å². The molecule has 11 heteroatoms. The predicted octanol–water partition coefficient (Wildman–Crippen LogP) is 2.24. The van der Waals surface area contributed by atoms with Crippen molar-refractivity contribution in [2.75, 3.05) is 20.8 Å². The predicted molar refractivity (Wildman–Crippen MR) is 129 cm³/mol. The first-order valence-corrected chi connectivity index (χ1v) is 12.9. The SMILES string of the molecule is COc1cccc(S(=O)(=O)N[C@H]2CC[C@@H](CCn3cc(-c4ccccc4OC)nn3)O[C@H]2CO)c1. The van der Waals surface area contributed by atoms with E-state index in [1.54, 1.807) is 23.9 Å². The van der Waals surface area contributed by atoms with Crippen molar-refractivity contribution in [2.45, 2.75) is 49.0 Å². The van der Waals surface area contributed by atoms with Gasteiger partial charge in [0.2, 0.25) is 10.0 Å². The third-order valence-electron chi connectivity index (χ3n) is 6.06. The lowest BCUT2D eigenvalue weighted by molar-refractivity contribution is -0.0891. The zero-order chi connectivity index (χ0) is 24.8. The number of rotatable bonds is 10. The Morgan fingerprint density at radius 3 is 2.74 bits per heavy atom. The summed E-state index contributed by atoms with van der Waals surface area (Å²) in [6.45, 7) is 0.286. The molecule has 0 unspecified atom stereocenters. The van der Waals surface area contributed by atoms with Gasteiger partial charge in [0.1, 0.15) is 17.2 Å². The molecule has 1 aliphatic rings. The number of hydrogen-bond acceptors (Lipinski definition) is 8. The van der Waals surface area contributed by atoms with Crippen molar-refractivity contribution in [1.29, 1.82) is 0 Å². The highest BCUT2D eigenvalue weighted by Crippen LogP contribution is 2.28. The van der Waals surface area contributed by atoms with Crippen molar-refractivity contribution in [2.24, 2.45) is 0 Å². The molecule has 35 heavy (non-hydrogen) atoms. The van der Waals surface area contributed by atoms with Gasteiger partial charge in [-0.05, 0) is 43.5 Å². The molecular formula is C24H30N4O6S. The highest BCUT2D eigenvalue weighted by molar-refractivity contribution is 7.89. The quantitative estimate of drug-likeness (QED) is 0.433. The summed E-state index contributed by atoms with van der Waals surface area (Å²) < 4.78 is 46.7. The molecule has 1 aromatic heterocycles. The van der Waals surface area contributed by atoms with E-state index < -0.39 is 22.2 Å². The van der Waals surface area contributed by atoms with Gasteiger partial charge in [-0.1, -0.05) is 23.4 Å². The zero-order valence-electron chi connectivity index (χ0n) is 19.7. The molecule has 0 radical (unpaired) electrons. The lowest BCUT2D eigenvalue weighted by atomic mass is 9.98. The van der Waals surface area contributed by atoms with Crippen LogP contribution >= 0.6 is 0 Å². The summed E-state index contributed by atoms with van der Waals surface area (Å²) in [5.41, 5.74) is 1.58. The van der Waals surface area contributed by atoms with E-state index in [0.717, 1.165) is 11.3 Å². The molecule has 1 fully saturated rings.